The molecule has 1 aromatic carbocycles. The van der Waals surface area contributed by atoms with Crippen LogP contribution < -0.4 is 15.1 Å². The number of rotatable bonds is 3. The van der Waals surface area contributed by atoms with E-state index in [2.05, 4.69) is 20.1 Å². The van der Waals surface area contributed by atoms with Crippen molar-refractivity contribution in [1.29, 1.82) is 0 Å². The molecule has 1 fully saturated rings. The normalized spacial score (nSPS) is 23.9. The molecule has 1 saturated carbocycles. The van der Waals surface area contributed by atoms with Gasteiger partial charge in [0.2, 0.25) is 11.9 Å². The van der Waals surface area contributed by atoms with Crippen molar-refractivity contribution in [2.75, 3.05) is 28.2 Å². The summed E-state index contributed by atoms with van der Waals surface area (Å²) in [6, 6.07) is 8.15. The number of nitrogens with one attached hydrogen (secondary N) is 1. The maximum atomic E-state index is 9.70. The van der Waals surface area contributed by atoms with Crippen molar-refractivity contribution >= 4 is 35.0 Å². The van der Waals surface area contributed by atoms with Crippen LogP contribution in [0.2, 0.25) is 5.02 Å². The molecule has 5 rings (SSSR count). The fraction of sp³-hybridized carbons (Fsp3) is 0.450. The van der Waals surface area contributed by atoms with E-state index in [1.165, 1.54) is 0 Å². The Kier molecular flexibility index (Phi) is 4.56. The van der Waals surface area contributed by atoms with Gasteiger partial charge in [-0.25, -0.2) is 4.98 Å². The van der Waals surface area contributed by atoms with Crippen molar-refractivity contribution in [2.24, 2.45) is 4.99 Å². The standard InChI is InChI=1S/C20H23ClN6O/c21-16-3-1-2-4-17(16)27-12-13-11-23-19(24-14-5-7-15(28)8-6-14)25-18(13)26-10-9-22-20(26)27/h1-4,11,14-15,28H,5-10,12H2,(H,23,24,25). The molecule has 1 aliphatic carbocycles. The van der Waals surface area contributed by atoms with Crippen molar-refractivity contribution in [3.05, 3.63) is 41.0 Å². The highest BCUT2D eigenvalue weighted by atomic mass is 35.5. The average Bonchev–Trinajstić information content (AvgIpc) is 3.20. The van der Waals surface area contributed by atoms with Crippen molar-refractivity contribution in [3.8, 4) is 0 Å². The third-order valence-corrected chi connectivity index (χ3v) is 5.98. The van der Waals surface area contributed by atoms with Crippen molar-refractivity contribution in [2.45, 2.75) is 44.4 Å². The Bertz CT molecular complexity index is 911. The molecule has 0 atom stereocenters. The average molecular weight is 399 g/mol. The van der Waals surface area contributed by atoms with Gasteiger partial charge in [0.05, 0.1) is 29.9 Å². The number of hydrogen-bond donors (Lipinski definition) is 2. The molecule has 2 N–H and O–H groups in total. The van der Waals surface area contributed by atoms with Gasteiger partial charge >= 0.3 is 0 Å². The second-order valence-electron chi connectivity index (χ2n) is 7.56. The minimum absolute atomic E-state index is 0.165. The number of anilines is 3. The lowest BCUT2D eigenvalue weighted by Crippen LogP contribution is -2.47. The van der Waals surface area contributed by atoms with Gasteiger partial charge in [0.15, 0.2) is 0 Å². The summed E-state index contributed by atoms with van der Waals surface area (Å²) in [5.74, 6) is 2.47. The molecule has 0 bridgehead atoms. The summed E-state index contributed by atoms with van der Waals surface area (Å²) in [5, 5.41) is 13.9. The number of benzene rings is 1. The number of aromatic nitrogens is 2. The monoisotopic (exact) mass is 398 g/mol. The van der Waals surface area contributed by atoms with Gasteiger partial charge in [0.25, 0.3) is 0 Å². The van der Waals surface area contributed by atoms with Crippen LogP contribution in [0.25, 0.3) is 0 Å². The number of guanidine groups is 1. The van der Waals surface area contributed by atoms with E-state index in [1.54, 1.807) is 0 Å². The van der Waals surface area contributed by atoms with Gasteiger partial charge in [-0.15, -0.1) is 0 Å². The molecule has 0 amide bonds. The predicted octanol–water partition coefficient (Wildman–Crippen LogP) is 3.04. The maximum Gasteiger partial charge on any atom is 0.224 e. The zero-order valence-corrected chi connectivity index (χ0v) is 16.3. The number of aliphatic hydroxyl groups excluding tert-OH is 1. The first kappa shape index (κ1) is 17.7. The number of hydrogen-bond acceptors (Lipinski definition) is 7. The summed E-state index contributed by atoms with van der Waals surface area (Å²) in [4.78, 5) is 18.4. The lowest BCUT2D eigenvalue weighted by molar-refractivity contribution is 0.126. The SMILES string of the molecule is OC1CCC(Nc2ncc3c(n2)N2CCN=C2N(c2ccccc2Cl)C3)CC1. The van der Waals surface area contributed by atoms with Crippen LogP contribution in [0.15, 0.2) is 35.5 Å². The minimum Gasteiger partial charge on any atom is -0.393 e. The molecule has 0 radical (unpaired) electrons. The van der Waals surface area contributed by atoms with Crippen LogP contribution in [-0.2, 0) is 6.54 Å². The minimum atomic E-state index is -0.165. The number of aliphatic imine (C=N–C) groups is 1. The van der Waals surface area contributed by atoms with Gasteiger partial charge in [-0.1, -0.05) is 23.7 Å². The quantitative estimate of drug-likeness (QED) is 0.827. The van der Waals surface area contributed by atoms with Crippen molar-refractivity contribution in [1.82, 2.24) is 9.97 Å². The topological polar surface area (TPSA) is 76.9 Å². The first-order valence-electron chi connectivity index (χ1n) is 9.83. The molecular weight excluding hydrogens is 376 g/mol. The Morgan fingerprint density at radius 1 is 1.11 bits per heavy atom. The van der Waals surface area contributed by atoms with E-state index in [1.807, 2.05) is 30.5 Å². The smallest absolute Gasteiger partial charge is 0.224 e. The summed E-state index contributed by atoms with van der Waals surface area (Å²) in [6.45, 7) is 2.18. The Balaban J connectivity index is 1.42. The molecule has 146 valence electrons. The zero-order valence-electron chi connectivity index (χ0n) is 15.6. The lowest BCUT2D eigenvalue weighted by atomic mass is 9.93. The Labute approximate surface area is 169 Å². The van der Waals surface area contributed by atoms with Crippen LogP contribution in [0.5, 0.6) is 0 Å². The van der Waals surface area contributed by atoms with Crippen molar-refractivity contribution < 1.29 is 5.11 Å². The van der Waals surface area contributed by atoms with Crippen molar-refractivity contribution in [3.63, 3.8) is 0 Å². The van der Waals surface area contributed by atoms with E-state index in [0.717, 1.165) is 61.8 Å². The summed E-state index contributed by atoms with van der Waals surface area (Å²) in [6.07, 6.45) is 5.29. The van der Waals surface area contributed by atoms with E-state index >= 15 is 0 Å². The van der Waals surface area contributed by atoms with Crippen LogP contribution in [0, 0.1) is 0 Å². The first-order valence-corrected chi connectivity index (χ1v) is 10.2. The molecule has 3 heterocycles. The number of aliphatic hydroxyl groups is 1. The van der Waals surface area contributed by atoms with Gasteiger partial charge in [-0.3, -0.25) is 9.89 Å². The number of fused-ring (bicyclic) bond motifs is 3. The largest absolute Gasteiger partial charge is 0.393 e. The molecule has 2 aromatic rings. The van der Waals surface area contributed by atoms with Crippen LogP contribution in [0.3, 0.4) is 0 Å². The van der Waals surface area contributed by atoms with Gasteiger partial charge in [-0.2, -0.15) is 4.98 Å². The van der Waals surface area contributed by atoms with E-state index < -0.39 is 0 Å². The molecule has 8 heteroatoms. The maximum absolute atomic E-state index is 9.70. The van der Waals surface area contributed by atoms with E-state index in [4.69, 9.17) is 21.6 Å². The Morgan fingerprint density at radius 3 is 2.75 bits per heavy atom. The second kappa shape index (κ2) is 7.22. The summed E-state index contributed by atoms with van der Waals surface area (Å²) in [5.41, 5.74) is 2.01. The van der Waals surface area contributed by atoms with E-state index in [9.17, 15) is 5.11 Å². The van der Waals surface area contributed by atoms with E-state index in [-0.39, 0.29) is 6.10 Å². The molecule has 28 heavy (non-hydrogen) atoms. The third-order valence-electron chi connectivity index (χ3n) is 5.66. The van der Waals surface area contributed by atoms with Gasteiger partial charge in [-0.05, 0) is 37.8 Å². The van der Waals surface area contributed by atoms with Crippen LogP contribution in [-0.4, -0.2) is 46.3 Å². The Morgan fingerprint density at radius 2 is 1.93 bits per heavy atom. The fourth-order valence-electron chi connectivity index (χ4n) is 4.19. The summed E-state index contributed by atoms with van der Waals surface area (Å²) >= 11 is 6.44. The van der Waals surface area contributed by atoms with Gasteiger partial charge < -0.3 is 15.3 Å². The Hall–Kier alpha value is -2.38. The molecule has 0 spiro atoms. The van der Waals surface area contributed by atoms with Crippen LogP contribution in [0.4, 0.5) is 17.5 Å². The van der Waals surface area contributed by atoms with Gasteiger partial charge in [0, 0.05) is 24.3 Å². The molecule has 1 aromatic heterocycles. The van der Waals surface area contributed by atoms with E-state index in [0.29, 0.717) is 23.6 Å². The third kappa shape index (κ3) is 3.18. The summed E-state index contributed by atoms with van der Waals surface area (Å²) < 4.78 is 0. The molecule has 7 nitrogen and oxygen atoms in total. The molecule has 0 saturated heterocycles. The molecule has 3 aliphatic rings. The lowest BCUT2D eigenvalue weighted by Gasteiger charge is -2.37. The highest BCUT2D eigenvalue weighted by Crippen LogP contribution is 2.35. The fourth-order valence-corrected chi connectivity index (χ4v) is 4.42. The number of para-hydroxylation sites is 1. The number of nitrogens with zero attached hydrogens (tertiary/aromatic N) is 5. The first-order chi connectivity index (χ1) is 13.7. The number of halogens is 1. The van der Waals surface area contributed by atoms with Crippen LogP contribution >= 0.6 is 11.6 Å². The highest BCUT2D eigenvalue weighted by Gasteiger charge is 2.34. The molecule has 2 aliphatic heterocycles. The second-order valence-corrected chi connectivity index (χ2v) is 7.97. The zero-order chi connectivity index (χ0) is 19.1. The summed E-state index contributed by atoms with van der Waals surface area (Å²) in [7, 11) is 0. The molecule has 0 unspecified atom stereocenters. The molecular formula is C20H23ClN6O. The van der Waals surface area contributed by atoms with Crippen LogP contribution in [0.1, 0.15) is 31.2 Å². The highest BCUT2D eigenvalue weighted by molar-refractivity contribution is 6.34. The predicted molar refractivity (Wildman–Crippen MR) is 111 cm³/mol. The van der Waals surface area contributed by atoms with Gasteiger partial charge in [0.1, 0.15) is 5.82 Å².